The van der Waals surface area contributed by atoms with Crippen molar-refractivity contribution in [3.8, 4) is 0 Å². The van der Waals surface area contributed by atoms with Crippen LogP contribution >= 0.6 is 0 Å². The third kappa shape index (κ3) is 5.03. The largest absolute Gasteiger partial charge is 0.493 e. The van der Waals surface area contributed by atoms with Crippen LogP contribution in [0.5, 0.6) is 0 Å². The molecule has 0 N–H and O–H groups in total. The molecule has 4 fully saturated rings. The SMILES string of the molecule is CC(=O)OC(C1=C(CN(C)OC(=O)c2ccccc2)C(C)CO1)C1[C@@H](OC(C)=O)C[C@@]2(C)C3CCC4[C@H](C)C(=O)C=C[C@@]45C[C@@]35CC[C@]12C. The lowest BCUT2D eigenvalue weighted by Crippen LogP contribution is -2.56. The number of rotatable bonds is 8. The molecule has 0 bridgehead atoms. The monoisotopic (exact) mass is 673 g/mol. The maximum Gasteiger partial charge on any atom is 0.357 e. The number of ether oxygens (including phenoxy) is 3. The Balaban J connectivity index is 1.25. The third-order valence-corrected chi connectivity index (χ3v) is 14.3. The molecular formula is C40H51NO8. The van der Waals surface area contributed by atoms with Crippen LogP contribution in [0.15, 0.2) is 53.8 Å². The summed E-state index contributed by atoms with van der Waals surface area (Å²) in [5, 5.41) is 1.50. The van der Waals surface area contributed by atoms with Gasteiger partial charge in [-0.25, -0.2) is 4.79 Å². The van der Waals surface area contributed by atoms with Gasteiger partial charge in [-0.15, -0.1) is 5.06 Å². The molecule has 0 radical (unpaired) electrons. The van der Waals surface area contributed by atoms with Gasteiger partial charge >= 0.3 is 17.9 Å². The van der Waals surface area contributed by atoms with E-state index in [4.69, 9.17) is 19.0 Å². The predicted molar refractivity (Wildman–Crippen MR) is 180 cm³/mol. The molecule has 1 aromatic carbocycles. The normalized spacial score (nSPS) is 40.8. The molecular weight excluding hydrogens is 622 g/mol. The van der Waals surface area contributed by atoms with Gasteiger partial charge in [-0.2, -0.15) is 0 Å². The number of likely N-dealkylation sites (N-methyl/N-ethyl adjacent to an activating group) is 1. The molecule has 11 atom stereocenters. The number of ketones is 1. The Morgan fingerprint density at radius 1 is 1.02 bits per heavy atom. The Morgan fingerprint density at radius 3 is 2.45 bits per heavy atom. The summed E-state index contributed by atoms with van der Waals surface area (Å²) in [7, 11) is 1.71. The lowest BCUT2D eigenvalue weighted by molar-refractivity contribution is -0.168. The lowest BCUT2D eigenvalue weighted by Gasteiger charge is -2.60. The third-order valence-electron chi connectivity index (χ3n) is 14.3. The smallest absolute Gasteiger partial charge is 0.357 e. The zero-order chi connectivity index (χ0) is 35.1. The molecule has 0 saturated heterocycles. The van der Waals surface area contributed by atoms with Gasteiger partial charge < -0.3 is 19.0 Å². The van der Waals surface area contributed by atoms with E-state index in [9.17, 15) is 19.2 Å². The Bertz CT molecular complexity index is 1620. The lowest BCUT2D eigenvalue weighted by atomic mass is 9.43. The van der Waals surface area contributed by atoms with Gasteiger partial charge in [0.15, 0.2) is 11.9 Å². The molecule has 49 heavy (non-hydrogen) atoms. The van der Waals surface area contributed by atoms with Crippen molar-refractivity contribution in [1.29, 1.82) is 0 Å². The fourth-order valence-corrected chi connectivity index (χ4v) is 11.9. The molecule has 6 aliphatic rings. The summed E-state index contributed by atoms with van der Waals surface area (Å²) < 4.78 is 19.0. The van der Waals surface area contributed by atoms with Gasteiger partial charge in [0.25, 0.3) is 0 Å². The van der Waals surface area contributed by atoms with Gasteiger partial charge in [-0.05, 0) is 95.8 Å². The summed E-state index contributed by atoms with van der Waals surface area (Å²) in [6, 6.07) is 8.84. The highest BCUT2D eigenvalue weighted by molar-refractivity contribution is 5.93. The molecule has 264 valence electrons. The van der Waals surface area contributed by atoms with Crippen molar-refractivity contribution in [3.63, 3.8) is 0 Å². The van der Waals surface area contributed by atoms with Crippen molar-refractivity contribution in [2.75, 3.05) is 20.2 Å². The fraction of sp³-hybridized carbons (Fsp3) is 0.650. The molecule has 1 heterocycles. The molecule has 4 saturated carbocycles. The molecule has 0 aromatic heterocycles. The minimum atomic E-state index is -0.780. The zero-order valence-corrected chi connectivity index (χ0v) is 30.0. The van der Waals surface area contributed by atoms with Gasteiger partial charge in [0, 0.05) is 38.6 Å². The molecule has 7 rings (SSSR count). The summed E-state index contributed by atoms with van der Waals surface area (Å²) in [4.78, 5) is 57.0. The van der Waals surface area contributed by atoms with Crippen LogP contribution in [0.25, 0.3) is 0 Å². The maximum atomic E-state index is 12.9. The van der Waals surface area contributed by atoms with Crippen LogP contribution in [-0.2, 0) is 33.4 Å². The number of nitrogens with zero attached hydrogens (tertiary/aromatic N) is 1. The van der Waals surface area contributed by atoms with Crippen molar-refractivity contribution >= 4 is 23.7 Å². The van der Waals surface area contributed by atoms with Crippen LogP contribution < -0.4 is 0 Å². The van der Waals surface area contributed by atoms with E-state index in [-0.39, 0.29) is 57.7 Å². The van der Waals surface area contributed by atoms with Crippen LogP contribution in [0.1, 0.15) is 90.4 Å². The second-order valence-corrected chi connectivity index (χ2v) is 16.5. The molecule has 9 nitrogen and oxygen atoms in total. The quantitative estimate of drug-likeness (QED) is 0.226. The van der Waals surface area contributed by atoms with Crippen LogP contribution in [-0.4, -0.2) is 61.2 Å². The van der Waals surface area contributed by atoms with E-state index in [1.165, 1.54) is 18.9 Å². The van der Waals surface area contributed by atoms with Gasteiger partial charge in [-0.1, -0.05) is 52.0 Å². The molecule has 2 spiro atoms. The summed E-state index contributed by atoms with van der Waals surface area (Å²) in [6.07, 6.45) is 8.57. The summed E-state index contributed by atoms with van der Waals surface area (Å²) in [6.45, 7) is 12.4. The van der Waals surface area contributed by atoms with Crippen LogP contribution in [0.3, 0.4) is 0 Å². The highest BCUT2D eigenvalue weighted by Gasteiger charge is 2.82. The second kappa shape index (κ2) is 11.8. The minimum absolute atomic E-state index is 0.0160. The molecule has 1 aliphatic heterocycles. The average molecular weight is 674 g/mol. The Morgan fingerprint density at radius 2 is 1.76 bits per heavy atom. The zero-order valence-electron chi connectivity index (χ0n) is 30.0. The van der Waals surface area contributed by atoms with Crippen molar-refractivity contribution < 1.29 is 38.2 Å². The number of hydrogen-bond acceptors (Lipinski definition) is 9. The molecule has 5 aliphatic carbocycles. The Labute approximate surface area is 289 Å². The van der Waals surface area contributed by atoms with Gasteiger partial charge in [0.1, 0.15) is 11.9 Å². The number of fused-ring (bicyclic) bond motifs is 2. The Hall–Kier alpha value is -3.46. The van der Waals surface area contributed by atoms with E-state index in [1.54, 1.807) is 31.3 Å². The first-order chi connectivity index (χ1) is 23.2. The number of carbonyl (C=O) groups excluding carboxylic acids is 4. The second-order valence-electron chi connectivity index (χ2n) is 16.5. The van der Waals surface area contributed by atoms with E-state index in [2.05, 4.69) is 33.8 Å². The van der Waals surface area contributed by atoms with Crippen LogP contribution in [0.2, 0.25) is 0 Å². The molecule has 1 aromatic rings. The topological polar surface area (TPSA) is 108 Å². The fourth-order valence-electron chi connectivity index (χ4n) is 11.9. The number of carbonyl (C=O) groups is 4. The number of benzene rings is 1. The van der Waals surface area contributed by atoms with E-state index < -0.39 is 24.1 Å². The Kier molecular flexibility index (Phi) is 8.20. The minimum Gasteiger partial charge on any atom is -0.493 e. The first kappa shape index (κ1) is 34.0. The first-order valence-corrected chi connectivity index (χ1v) is 18.1. The van der Waals surface area contributed by atoms with E-state index in [0.29, 0.717) is 36.2 Å². The van der Waals surface area contributed by atoms with E-state index in [1.807, 2.05) is 12.1 Å². The van der Waals surface area contributed by atoms with E-state index >= 15 is 0 Å². The van der Waals surface area contributed by atoms with Gasteiger partial charge in [-0.3, -0.25) is 14.4 Å². The molecule has 0 amide bonds. The highest BCUT2D eigenvalue weighted by atomic mass is 16.7. The van der Waals surface area contributed by atoms with Gasteiger partial charge in [0.05, 0.1) is 18.7 Å². The number of allylic oxidation sites excluding steroid dienone is 2. The summed E-state index contributed by atoms with van der Waals surface area (Å²) >= 11 is 0. The number of hydrogen-bond donors (Lipinski definition) is 0. The van der Waals surface area contributed by atoms with Crippen LogP contribution in [0, 0.1) is 51.2 Å². The standard InChI is InChI=1S/C40H51NO8/c1-23-21-46-34(28(23)20-41(7)49-36(45)27-11-9-8-10-12-27)35(48-26(4)43)33-31(47-25(3)42)19-38(6)32-14-13-29-24(2)30(44)15-16-39(29)22-40(32,39)18-17-37(33,38)5/h8-12,15-16,23-24,29,31-33,35H,13-14,17-22H2,1-7H3/t23?,24-,29?,31-,32?,33?,35?,37+,38-,39+,40-/m0/s1. The molecule has 5 unspecified atom stereocenters. The van der Waals surface area contributed by atoms with Crippen molar-refractivity contribution in [2.24, 2.45) is 51.2 Å². The summed E-state index contributed by atoms with van der Waals surface area (Å²) in [5.41, 5.74) is 0.960. The van der Waals surface area contributed by atoms with Crippen LogP contribution in [0.4, 0.5) is 0 Å². The molecule has 9 heteroatoms. The average Bonchev–Trinajstić information content (AvgIpc) is 3.50. The highest BCUT2D eigenvalue weighted by Crippen LogP contribution is 2.87. The van der Waals surface area contributed by atoms with Crippen molar-refractivity contribution in [2.45, 2.75) is 92.3 Å². The maximum absolute atomic E-state index is 12.9. The number of hydroxylamine groups is 2. The van der Waals surface area contributed by atoms with Crippen molar-refractivity contribution in [3.05, 3.63) is 59.4 Å². The van der Waals surface area contributed by atoms with E-state index in [0.717, 1.165) is 37.7 Å². The van der Waals surface area contributed by atoms with Crippen molar-refractivity contribution in [1.82, 2.24) is 5.06 Å². The van der Waals surface area contributed by atoms with Gasteiger partial charge in [0.2, 0.25) is 0 Å². The number of esters is 2. The first-order valence-electron chi connectivity index (χ1n) is 18.1. The summed E-state index contributed by atoms with van der Waals surface area (Å²) in [5.74, 6) is 0.0179. The predicted octanol–water partition coefficient (Wildman–Crippen LogP) is 6.48.